The summed E-state index contributed by atoms with van der Waals surface area (Å²) in [5.41, 5.74) is 2.80. The fourth-order valence-corrected chi connectivity index (χ4v) is 6.07. The number of anilines is 1. The quantitative estimate of drug-likeness (QED) is 0.408. The van der Waals surface area contributed by atoms with Gasteiger partial charge in [0, 0.05) is 10.1 Å². The van der Waals surface area contributed by atoms with Gasteiger partial charge in [0.15, 0.2) is 0 Å². The summed E-state index contributed by atoms with van der Waals surface area (Å²) < 4.78 is 0. The van der Waals surface area contributed by atoms with Gasteiger partial charge >= 0.3 is 0 Å². The molecule has 0 spiro atoms. The van der Waals surface area contributed by atoms with Crippen molar-refractivity contribution in [3.8, 4) is 0 Å². The van der Waals surface area contributed by atoms with Crippen molar-refractivity contribution in [2.24, 2.45) is 0 Å². The van der Waals surface area contributed by atoms with E-state index in [1.54, 1.807) is 0 Å². The Morgan fingerprint density at radius 3 is 2.26 bits per heavy atom. The molecule has 2 aliphatic rings. The Kier molecular flexibility index (Phi) is 4.03. The van der Waals surface area contributed by atoms with E-state index in [-0.39, 0.29) is 11.2 Å². The van der Waals surface area contributed by atoms with Gasteiger partial charge in [-0.05, 0) is 29.7 Å². The number of rotatable bonds is 2. The standard InChI is InChI=1S/C23H18ClNOS/c24-21-22(26)25-18-13-7-8-14-19(18)27-20(16-9-3-1-4-10-16)15-23(21,25)17-11-5-2-6-12-17/h1-14,20-21H,15H2. The lowest BCUT2D eigenvalue weighted by atomic mass is 9.72. The SMILES string of the molecule is O=C1C(Cl)C2(c3ccccc3)CC(c3ccccc3)Sc3ccccc3N12. The molecule has 1 amide bonds. The van der Waals surface area contributed by atoms with Crippen LogP contribution in [0, 0.1) is 0 Å². The minimum Gasteiger partial charge on any atom is -0.298 e. The molecule has 3 unspecified atom stereocenters. The molecule has 0 radical (unpaired) electrons. The molecule has 0 aromatic heterocycles. The summed E-state index contributed by atoms with van der Waals surface area (Å²) in [5, 5.41) is -0.343. The van der Waals surface area contributed by atoms with Crippen LogP contribution < -0.4 is 4.90 Å². The van der Waals surface area contributed by atoms with Gasteiger partial charge in [-0.2, -0.15) is 0 Å². The van der Waals surface area contributed by atoms with Gasteiger partial charge in [-0.1, -0.05) is 72.8 Å². The van der Waals surface area contributed by atoms with Crippen molar-refractivity contribution in [2.45, 2.75) is 27.5 Å². The normalized spacial score (nSPS) is 26.6. The van der Waals surface area contributed by atoms with Crippen molar-refractivity contribution in [3.63, 3.8) is 0 Å². The van der Waals surface area contributed by atoms with Gasteiger partial charge < -0.3 is 0 Å². The van der Waals surface area contributed by atoms with Gasteiger partial charge in [-0.15, -0.1) is 23.4 Å². The second-order valence-corrected chi connectivity index (χ2v) is 8.70. The molecule has 3 aromatic rings. The molecule has 0 aliphatic carbocycles. The second-order valence-electron chi connectivity index (χ2n) is 7.02. The van der Waals surface area contributed by atoms with E-state index in [4.69, 9.17) is 11.6 Å². The molecule has 1 fully saturated rings. The van der Waals surface area contributed by atoms with E-state index in [1.807, 2.05) is 59.1 Å². The highest BCUT2D eigenvalue weighted by atomic mass is 35.5. The summed E-state index contributed by atoms with van der Waals surface area (Å²) in [4.78, 5) is 16.0. The number of β-lactam (4-membered cyclic amide) rings is 1. The molecule has 0 bridgehead atoms. The minimum atomic E-state index is -0.558. The van der Waals surface area contributed by atoms with Gasteiger partial charge in [0.1, 0.15) is 5.38 Å². The summed E-state index contributed by atoms with van der Waals surface area (Å²) in [5.74, 6) is -0.0118. The van der Waals surface area contributed by atoms with Crippen molar-refractivity contribution in [2.75, 3.05) is 4.90 Å². The molecule has 3 atom stereocenters. The Balaban J connectivity index is 1.73. The summed E-state index contributed by atoms with van der Waals surface area (Å²) in [6, 6.07) is 28.9. The molecular weight excluding hydrogens is 374 g/mol. The Labute approximate surface area is 168 Å². The Hall–Kier alpha value is -2.23. The number of para-hydroxylation sites is 1. The van der Waals surface area contributed by atoms with Crippen molar-refractivity contribution in [1.82, 2.24) is 0 Å². The zero-order chi connectivity index (χ0) is 18.4. The predicted molar refractivity (Wildman–Crippen MR) is 111 cm³/mol. The van der Waals surface area contributed by atoms with Crippen molar-refractivity contribution in [3.05, 3.63) is 96.1 Å². The number of carbonyl (C=O) groups excluding carboxylic acids is 1. The Morgan fingerprint density at radius 2 is 1.52 bits per heavy atom. The molecular formula is C23H18ClNOS. The lowest BCUT2D eigenvalue weighted by Crippen LogP contribution is -2.70. The lowest BCUT2D eigenvalue weighted by molar-refractivity contribution is -0.127. The number of nitrogens with zero attached hydrogens (tertiary/aromatic N) is 1. The van der Waals surface area contributed by atoms with E-state index in [2.05, 4.69) is 42.5 Å². The highest BCUT2D eigenvalue weighted by molar-refractivity contribution is 7.99. The Morgan fingerprint density at radius 1 is 0.889 bits per heavy atom. The van der Waals surface area contributed by atoms with E-state index in [1.165, 1.54) is 5.56 Å². The van der Waals surface area contributed by atoms with Crippen molar-refractivity contribution >= 4 is 35.0 Å². The zero-order valence-electron chi connectivity index (χ0n) is 14.6. The van der Waals surface area contributed by atoms with E-state index in [0.717, 1.165) is 22.6 Å². The fraction of sp³-hybridized carbons (Fsp3) is 0.174. The van der Waals surface area contributed by atoms with E-state index in [9.17, 15) is 4.79 Å². The third kappa shape index (κ3) is 2.45. The summed E-state index contributed by atoms with van der Waals surface area (Å²) in [6.45, 7) is 0. The smallest absolute Gasteiger partial charge is 0.248 e. The average Bonchev–Trinajstić information content (AvgIpc) is 2.88. The highest BCUT2D eigenvalue weighted by Crippen LogP contribution is 2.60. The van der Waals surface area contributed by atoms with Crippen LogP contribution >= 0.6 is 23.4 Å². The fourth-order valence-electron chi connectivity index (χ4n) is 4.28. The van der Waals surface area contributed by atoms with E-state index < -0.39 is 10.9 Å². The van der Waals surface area contributed by atoms with Gasteiger partial charge in [0.05, 0.1) is 11.2 Å². The molecule has 1 saturated heterocycles. The van der Waals surface area contributed by atoms with Crippen LogP contribution in [-0.2, 0) is 10.3 Å². The molecule has 3 aromatic carbocycles. The first-order chi connectivity index (χ1) is 13.2. The van der Waals surface area contributed by atoms with Crippen molar-refractivity contribution < 1.29 is 4.79 Å². The maximum Gasteiger partial charge on any atom is 0.248 e. The third-order valence-corrected chi connectivity index (χ3v) is 7.44. The highest BCUT2D eigenvalue weighted by Gasteiger charge is 2.63. The van der Waals surface area contributed by atoms with Crippen LogP contribution in [0.15, 0.2) is 89.8 Å². The van der Waals surface area contributed by atoms with Crippen LogP contribution in [0.25, 0.3) is 0 Å². The molecule has 2 nitrogen and oxygen atoms in total. The second kappa shape index (κ2) is 6.43. The number of carbonyl (C=O) groups is 1. The van der Waals surface area contributed by atoms with Crippen LogP contribution in [0.2, 0.25) is 0 Å². The molecule has 134 valence electrons. The molecule has 0 saturated carbocycles. The van der Waals surface area contributed by atoms with Gasteiger partial charge in [-0.3, -0.25) is 9.69 Å². The number of alkyl halides is 1. The van der Waals surface area contributed by atoms with Crippen molar-refractivity contribution in [1.29, 1.82) is 0 Å². The van der Waals surface area contributed by atoms with Gasteiger partial charge in [0.25, 0.3) is 0 Å². The third-order valence-electron chi connectivity index (χ3n) is 5.57. The van der Waals surface area contributed by atoms with Crippen LogP contribution in [0.1, 0.15) is 22.8 Å². The number of fused-ring (bicyclic) bond motifs is 3. The predicted octanol–water partition coefficient (Wildman–Crippen LogP) is 5.77. The first-order valence-corrected chi connectivity index (χ1v) is 10.4. The molecule has 5 rings (SSSR count). The molecule has 4 heteroatoms. The summed E-state index contributed by atoms with van der Waals surface area (Å²) >= 11 is 8.58. The van der Waals surface area contributed by atoms with E-state index >= 15 is 0 Å². The molecule has 27 heavy (non-hydrogen) atoms. The summed E-state index contributed by atoms with van der Waals surface area (Å²) in [7, 11) is 0. The largest absolute Gasteiger partial charge is 0.298 e. The first-order valence-electron chi connectivity index (χ1n) is 9.06. The number of benzene rings is 3. The van der Waals surface area contributed by atoms with Gasteiger partial charge in [-0.25, -0.2) is 0 Å². The van der Waals surface area contributed by atoms with Crippen LogP contribution in [0.3, 0.4) is 0 Å². The van der Waals surface area contributed by atoms with Gasteiger partial charge in [0.2, 0.25) is 5.91 Å². The number of halogens is 1. The average molecular weight is 392 g/mol. The minimum absolute atomic E-state index is 0.0118. The monoisotopic (exact) mass is 391 g/mol. The Bertz CT molecular complexity index is 994. The van der Waals surface area contributed by atoms with E-state index in [0.29, 0.717) is 0 Å². The van der Waals surface area contributed by atoms with Crippen LogP contribution in [0.4, 0.5) is 5.69 Å². The number of thioether (sulfide) groups is 1. The molecule has 2 heterocycles. The maximum atomic E-state index is 12.9. The van der Waals surface area contributed by atoms with Crippen LogP contribution in [-0.4, -0.2) is 11.3 Å². The number of hydrogen-bond donors (Lipinski definition) is 0. The molecule has 0 N–H and O–H groups in total. The topological polar surface area (TPSA) is 20.3 Å². The number of hydrogen-bond acceptors (Lipinski definition) is 2. The first kappa shape index (κ1) is 16.9. The van der Waals surface area contributed by atoms with Crippen LogP contribution in [0.5, 0.6) is 0 Å². The zero-order valence-corrected chi connectivity index (χ0v) is 16.2. The lowest BCUT2D eigenvalue weighted by Gasteiger charge is -2.55. The molecule has 2 aliphatic heterocycles. The maximum absolute atomic E-state index is 12.9. The number of amides is 1. The summed E-state index contributed by atoms with van der Waals surface area (Å²) in [6.07, 6.45) is 0.778.